The van der Waals surface area contributed by atoms with Crippen LogP contribution in [-0.4, -0.2) is 35.1 Å². The van der Waals surface area contributed by atoms with Crippen molar-refractivity contribution in [1.29, 1.82) is 0 Å². The van der Waals surface area contributed by atoms with E-state index in [1.807, 2.05) is 0 Å². The summed E-state index contributed by atoms with van der Waals surface area (Å²) >= 11 is 0. The molecule has 1 unspecified atom stereocenters. The van der Waals surface area contributed by atoms with Gasteiger partial charge >= 0.3 is 5.97 Å². The van der Waals surface area contributed by atoms with Gasteiger partial charge in [0.05, 0.1) is 0 Å². The predicted molar refractivity (Wildman–Crippen MR) is 74.8 cm³/mol. The van der Waals surface area contributed by atoms with Crippen LogP contribution in [0.15, 0.2) is 0 Å². The molecule has 1 aliphatic heterocycles. The Hall–Kier alpha value is -0.570. The van der Waals surface area contributed by atoms with E-state index >= 15 is 0 Å². The molecule has 0 aliphatic carbocycles. The van der Waals surface area contributed by atoms with Crippen molar-refractivity contribution in [2.75, 3.05) is 13.1 Å². The second-order valence-corrected chi connectivity index (χ2v) is 5.51. The molecule has 1 saturated heterocycles. The highest BCUT2D eigenvalue weighted by Gasteiger charge is 2.27. The van der Waals surface area contributed by atoms with Gasteiger partial charge in [0.25, 0.3) is 0 Å². The van der Waals surface area contributed by atoms with Crippen LogP contribution in [0, 0.1) is 0 Å². The first-order valence-corrected chi connectivity index (χ1v) is 7.72. The van der Waals surface area contributed by atoms with Crippen LogP contribution in [-0.2, 0) is 4.79 Å². The van der Waals surface area contributed by atoms with E-state index in [2.05, 4.69) is 11.8 Å². The number of carbonyl (C=O) groups is 1. The van der Waals surface area contributed by atoms with Gasteiger partial charge in [0.15, 0.2) is 0 Å². The molecule has 0 bridgehead atoms. The Morgan fingerprint density at radius 1 is 1.11 bits per heavy atom. The smallest absolute Gasteiger partial charge is 0.320 e. The number of carboxylic acids is 1. The van der Waals surface area contributed by atoms with Crippen LogP contribution < -0.4 is 0 Å². The summed E-state index contributed by atoms with van der Waals surface area (Å²) in [5.74, 6) is -0.627. The Morgan fingerprint density at radius 3 is 2.44 bits per heavy atom. The lowest BCUT2D eigenvalue weighted by molar-refractivity contribution is -0.144. The molecule has 18 heavy (non-hydrogen) atoms. The van der Waals surface area contributed by atoms with Crippen molar-refractivity contribution in [3.05, 3.63) is 0 Å². The molecule has 1 atom stereocenters. The van der Waals surface area contributed by atoms with Gasteiger partial charge in [-0.25, -0.2) is 0 Å². The van der Waals surface area contributed by atoms with Crippen molar-refractivity contribution in [3.63, 3.8) is 0 Å². The molecule has 3 nitrogen and oxygen atoms in total. The molecule has 1 N–H and O–H groups in total. The Labute approximate surface area is 112 Å². The number of hydrogen-bond acceptors (Lipinski definition) is 2. The summed E-state index contributed by atoms with van der Waals surface area (Å²) < 4.78 is 0. The van der Waals surface area contributed by atoms with Crippen LogP contribution in [0.1, 0.15) is 71.1 Å². The normalized spacial score (nSPS) is 21.1. The highest BCUT2D eigenvalue weighted by molar-refractivity contribution is 5.73. The molecule has 1 fully saturated rings. The highest BCUT2D eigenvalue weighted by Crippen LogP contribution is 2.18. The van der Waals surface area contributed by atoms with Gasteiger partial charge in [-0.1, -0.05) is 51.9 Å². The largest absolute Gasteiger partial charge is 0.480 e. The maximum atomic E-state index is 11.1. The van der Waals surface area contributed by atoms with Crippen LogP contribution in [0.5, 0.6) is 0 Å². The van der Waals surface area contributed by atoms with E-state index in [4.69, 9.17) is 5.11 Å². The fraction of sp³-hybridized carbons (Fsp3) is 0.933. The van der Waals surface area contributed by atoms with E-state index in [1.165, 1.54) is 44.9 Å². The van der Waals surface area contributed by atoms with Crippen LogP contribution >= 0.6 is 0 Å². The molecule has 0 aromatic heterocycles. The molecule has 1 heterocycles. The van der Waals surface area contributed by atoms with Crippen molar-refractivity contribution in [2.45, 2.75) is 77.2 Å². The predicted octanol–water partition coefficient (Wildman–Crippen LogP) is 3.68. The number of likely N-dealkylation sites (tertiary alicyclic amines) is 1. The third-order valence-corrected chi connectivity index (χ3v) is 3.95. The summed E-state index contributed by atoms with van der Waals surface area (Å²) in [6.45, 7) is 4.19. The van der Waals surface area contributed by atoms with Crippen LogP contribution in [0.25, 0.3) is 0 Å². The SMILES string of the molecule is CCCCCCCCCN1CCCCC1C(=O)O. The van der Waals surface area contributed by atoms with Gasteiger partial charge in [-0.2, -0.15) is 0 Å². The van der Waals surface area contributed by atoms with Crippen molar-refractivity contribution >= 4 is 5.97 Å². The van der Waals surface area contributed by atoms with Crippen LogP contribution in [0.3, 0.4) is 0 Å². The summed E-state index contributed by atoms with van der Waals surface area (Å²) in [5.41, 5.74) is 0. The minimum Gasteiger partial charge on any atom is -0.480 e. The summed E-state index contributed by atoms with van der Waals surface area (Å²) in [7, 11) is 0. The van der Waals surface area contributed by atoms with Gasteiger partial charge in [-0.05, 0) is 32.4 Å². The van der Waals surface area contributed by atoms with Crippen LogP contribution in [0.4, 0.5) is 0 Å². The summed E-state index contributed by atoms with van der Waals surface area (Å²) in [6.07, 6.45) is 12.2. The monoisotopic (exact) mass is 255 g/mol. The number of unbranched alkanes of at least 4 members (excludes halogenated alkanes) is 6. The fourth-order valence-corrected chi connectivity index (χ4v) is 2.81. The van der Waals surface area contributed by atoms with Crippen molar-refractivity contribution < 1.29 is 9.90 Å². The third kappa shape index (κ3) is 5.85. The van der Waals surface area contributed by atoms with Crippen LogP contribution in [0.2, 0.25) is 0 Å². The maximum absolute atomic E-state index is 11.1. The molecule has 0 saturated carbocycles. The maximum Gasteiger partial charge on any atom is 0.320 e. The highest BCUT2D eigenvalue weighted by atomic mass is 16.4. The Balaban J connectivity index is 2.07. The second kappa shape index (κ2) is 9.37. The zero-order valence-electron chi connectivity index (χ0n) is 11.9. The quantitative estimate of drug-likeness (QED) is 0.639. The number of aliphatic carboxylic acids is 1. The molecule has 106 valence electrons. The molecule has 0 spiro atoms. The lowest BCUT2D eigenvalue weighted by atomic mass is 10.0. The molecule has 0 radical (unpaired) electrons. The van der Waals surface area contributed by atoms with Gasteiger partial charge in [0.1, 0.15) is 6.04 Å². The number of carboxylic acid groups (broad SMARTS) is 1. The van der Waals surface area contributed by atoms with Crippen molar-refractivity contribution in [3.8, 4) is 0 Å². The number of piperidine rings is 1. The molecule has 0 amide bonds. The molecule has 1 rings (SSSR count). The third-order valence-electron chi connectivity index (χ3n) is 3.95. The van der Waals surface area contributed by atoms with E-state index in [1.54, 1.807) is 0 Å². The molecule has 3 heteroatoms. The first-order valence-electron chi connectivity index (χ1n) is 7.72. The number of nitrogens with zero attached hydrogens (tertiary/aromatic N) is 1. The summed E-state index contributed by atoms with van der Waals surface area (Å²) in [5, 5.41) is 9.17. The molecular weight excluding hydrogens is 226 g/mol. The average molecular weight is 255 g/mol. The van der Waals surface area contributed by atoms with Crippen molar-refractivity contribution in [2.24, 2.45) is 0 Å². The van der Waals surface area contributed by atoms with Gasteiger partial charge in [0.2, 0.25) is 0 Å². The van der Waals surface area contributed by atoms with E-state index in [-0.39, 0.29) is 6.04 Å². The topological polar surface area (TPSA) is 40.5 Å². The molecule has 0 aromatic rings. The second-order valence-electron chi connectivity index (χ2n) is 5.51. The molecule has 1 aliphatic rings. The standard InChI is InChI=1S/C15H29NO2/c1-2-3-4-5-6-7-9-12-16-13-10-8-11-14(16)15(17)18/h14H,2-13H2,1H3,(H,17,18). The average Bonchev–Trinajstić information content (AvgIpc) is 2.38. The first-order chi connectivity index (χ1) is 8.75. The van der Waals surface area contributed by atoms with Gasteiger partial charge < -0.3 is 5.11 Å². The lowest BCUT2D eigenvalue weighted by Gasteiger charge is -2.32. The summed E-state index contributed by atoms with van der Waals surface area (Å²) in [4.78, 5) is 13.3. The van der Waals surface area contributed by atoms with Gasteiger partial charge in [-0.15, -0.1) is 0 Å². The van der Waals surface area contributed by atoms with E-state index in [0.29, 0.717) is 0 Å². The number of rotatable bonds is 9. The zero-order valence-corrected chi connectivity index (χ0v) is 11.9. The Kier molecular flexibility index (Phi) is 8.06. The summed E-state index contributed by atoms with van der Waals surface area (Å²) in [6, 6.07) is -0.209. The lowest BCUT2D eigenvalue weighted by Crippen LogP contribution is -2.44. The minimum absolute atomic E-state index is 0.209. The Morgan fingerprint density at radius 2 is 1.78 bits per heavy atom. The molecular formula is C15H29NO2. The Bertz CT molecular complexity index is 231. The van der Waals surface area contributed by atoms with Gasteiger partial charge in [0, 0.05) is 0 Å². The fourth-order valence-electron chi connectivity index (χ4n) is 2.81. The van der Waals surface area contributed by atoms with E-state index in [0.717, 1.165) is 32.4 Å². The van der Waals surface area contributed by atoms with E-state index < -0.39 is 5.97 Å². The van der Waals surface area contributed by atoms with E-state index in [9.17, 15) is 4.79 Å². The minimum atomic E-state index is -0.627. The number of hydrogen-bond donors (Lipinski definition) is 1. The van der Waals surface area contributed by atoms with Crippen molar-refractivity contribution in [1.82, 2.24) is 4.90 Å². The first kappa shape index (κ1) is 15.5. The van der Waals surface area contributed by atoms with Gasteiger partial charge in [-0.3, -0.25) is 9.69 Å². The molecule has 0 aromatic carbocycles. The zero-order chi connectivity index (χ0) is 13.2.